The van der Waals surface area contributed by atoms with Crippen LogP contribution in [0.5, 0.6) is 0 Å². The van der Waals surface area contributed by atoms with Gasteiger partial charge in [0.1, 0.15) is 6.54 Å². The van der Waals surface area contributed by atoms with Crippen molar-refractivity contribution in [2.24, 2.45) is 0 Å². The molecule has 0 unspecified atom stereocenters. The van der Waals surface area contributed by atoms with Crippen molar-refractivity contribution in [1.29, 1.82) is 0 Å². The third-order valence-electron chi connectivity index (χ3n) is 2.04. The molecule has 0 aromatic heterocycles. The lowest BCUT2D eigenvalue weighted by Crippen LogP contribution is -2.30. The van der Waals surface area contributed by atoms with Crippen molar-refractivity contribution >= 4 is 11.9 Å². The summed E-state index contributed by atoms with van der Waals surface area (Å²) in [4.78, 5) is 25.0. The zero-order chi connectivity index (χ0) is 9.14. The Morgan fingerprint density at radius 3 is 2.50 bits per heavy atom. The Morgan fingerprint density at radius 1 is 1.42 bits per heavy atom. The van der Waals surface area contributed by atoms with E-state index in [0.29, 0.717) is 6.54 Å². The average molecular weight is 170 g/mol. The number of hydrogen-bond acceptors (Lipinski definition) is 2. The number of amides is 3. The summed E-state index contributed by atoms with van der Waals surface area (Å²) in [5.41, 5.74) is 0. The Bertz CT molecular complexity index is 203. The number of carbonyl (C=O) groups is 2. The maximum absolute atomic E-state index is 11.3. The van der Waals surface area contributed by atoms with Gasteiger partial charge < -0.3 is 4.90 Å². The van der Waals surface area contributed by atoms with Gasteiger partial charge in [-0.25, -0.2) is 4.79 Å². The van der Waals surface area contributed by atoms with Gasteiger partial charge in [-0.15, -0.1) is 0 Å². The number of urea groups is 1. The SMILES string of the molecule is CCCCN1CC(=O)N(C)C1=O. The van der Waals surface area contributed by atoms with Crippen molar-refractivity contribution in [2.75, 3.05) is 20.1 Å². The lowest BCUT2D eigenvalue weighted by atomic mass is 10.3. The van der Waals surface area contributed by atoms with Gasteiger partial charge in [-0.05, 0) is 6.42 Å². The van der Waals surface area contributed by atoms with Gasteiger partial charge in [-0.2, -0.15) is 0 Å². The number of rotatable bonds is 3. The summed E-state index contributed by atoms with van der Waals surface area (Å²) in [5.74, 6) is -0.101. The predicted molar refractivity (Wildman–Crippen MR) is 44.6 cm³/mol. The van der Waals surface area contributed by atoms with E-state index in [-0.39, 0.29) is 18.5 Å². The minimum Gasteiger partial charge on any atom is -0.315 e. The van der Waals surface area contributed by atoms with Gasteiger partial charge >= 0.3 is 6.03 Å². The fourth-order valence-electron chi connectivity index (χ4n) is 1.18. The maximum atomic E-state index is 11.3. The summed E-state index contributed by atoms with van der Waals surface area (Å²) < 4.78 is 0. The van der Waals surface area contributed by atoms with Crippen LogP contribution in [0.2, 0.25) is 0 Å². The van der Waals surface area contributed by atoms with Gasteiger partial charge in [-0.3, -0.25) is 9.69 Å². The molecule has 1 rings (SSSR count). The second-order valence-corrected chi connectivity index (χ2v) is 3.01. The highest BCUT2D eigenvalue weighted by Crippen LogP contribution is 2.08. The van der Waals surface area contributed by atoms with Gasteiger partial charge in [0, 0.05) is 13.6 Å². The molecular weight excluding hydrogens is 156 g/mol. The first-order valence-electron chi connectivity index (χ1n) is 4.22. The number of likely N-dealkylation sites (N-methyl/N-ethyl adjacent to an activating group) is 1. The molecule has 0 aliphatic carbocycles. The molecular formula is C8H14N2O2. The van der Waals surface area contributed by atoms with Crippen LogP contribution in [-0.4, -0.2) is 41.9 Å². The summed E-state index contributed by atoms with van der Waals surface area (Å²) in [6, 6.07) is -0.159. The van der Waals surface area contributed by atoms with Crippen LogP contribution in [0.4, 0.5) is 4.79 Å². The summed E-state index contributed by atoms with van der Waals surface area (Å²) in [5, 5.41) is 0. The van der Waals surface area contributed by atoms with Gasteiger partial charge in [0.05, 0.1) is 0 Å². The van der Waals surface area contributed by atoms with Crippen LogP contribution >= 0.6 is 0 Å². The Kier molecular flexibility index (Phi) is 2.68. The molecule has 1 aliphatic rings. The third-order valence-corrected chi connectivity index (χ3v) is 2.04. The van der Waals surface area contributed by atoms with Gasteiger partial charge in [0.15, 0.2) is 0 Å². The van der Waals surface area contributed by atoms with Crippen molar-refractivity contribution in [2.45, 2.75) is 19.8 Å². The fraction of sp³-hybridized carbons (Fsp3) is 0.750. The molecule has 68 valence electrons. The van der Waals surface area contributed by atoms with E-state index in [1.807, 2.05) is 0 Å². The fourth-order valence-corrected chi connectivity index (χ4v) is 1.18. The molecule has 0 bridgehead atoms. The lowest BCUT2D eigenvalue weighted by Gasteiger charge is -2.13. The van der Waals surface area contributed by atoms with E-state index in [4.69, 9.17) is 0 Å². The molecule has 1 fully saturated rings. The maximum Gasteiger partial charge on any atom is 0.326 e. The van der Waals surface area contributed by atoms with Crippen molar-refractivity contribution in [1.82, 2.24) is 9.80 Å². The van der Waals surface area contributed by atoms with E-state index >= 15 is 0 Å². The molecule has 1 heterocycles. The molecule has 4 heteroatoms. The van der Waals surface area contributed by atoms with Crippen LogP contribution in [0.3, 0.4) is 0 Å². The van der Waals surface area contributed by atoms with E-state index in [1.165, 1.54) is 11.9 Å². The highest BCUT2D eigenvalue weighted by Gasteiger charge is 2.31. The molecule has 0 aromatic carbocycles. The highest BCUT2D eigenvalue weighted by atomic mass is 16.2. The topological polar surface area (TPSA) is 40.6 Å². The molecule has 1 aliphatic heterocycles. The number of hydrogen-bond donors (Lipinski definition) is 0. The molecule has 0 aromatic rings. The van der Waals surface area contributed by atoms with Crippen LogP contribution in [0.15, 0.2) is 0 Å². The molecule has 0 saturated carbocycles. The van der Waals surface area contributed by atoms with Gasteiger partial charge in [-0.1, -0.05) is 13.3 Å². The number of unbranched alkanes of at least 4 members (excludes halogenated alkanes) is 1. The Hall–Kier alpha value is -1.06. The molecule has 0 radical (unpaired) electrons. The second kappa shape index (κ2) is 3.56. The zero-order valence-corrected chi connectivity index (χ0v) is 7.54. The lowest BCUT2D eigenvalue weighted by molar-refractivity contribution is -0.124. The van der Waals surface area contributed by atoms with Crippen LogP contribution in [-0.2, 0) is 4.79 Å². The normalized spacial score (nSPS) is 17.8. The summed E-state index contributed by atoms with van der Waals surface area (Å²) in [6.45, 7) is 3.02. The Labute approximate surface area is 72.1 Å². The van der Waals surface area contributed by atoms with E-state index in [9.17, 15) is 9.59 Å². The third kappa shape index (κ3) is 1.57. The predicted octanol–water partition coefficient (Wildman–Crippen LogP) is 0.681. The van der Waals surface area contributed by atoms with E-state index < -0.39 is 0 Å². The molecule has 1 saturated heterocycles. The van der Waals surface area contributed by atoms with Crippen LogP contribution in [0.1, 0.15) is 19.8 Å². The largest absolute Gasteiger partial charge is 0.326 e. The van der Waals surface area contributed by atoms with E-state index in [1.54, 1.807) is 4.90 Å². The molecule has 12 heavy (non-hydrogen) atoms. The molecule has 3 amide bonds. The average Bonchev–Trinajstić information content (AvgIpc) is 2.30. The van der Waals surface area contributed by atoms with Crippen molar-refractivity contribution in [3.05, 3.63) is 0 Å². The second-order valence-electron chi connectivity index (χ2n) is 3.01. The first-order valence-corrected chi connectivity index (χ1v) is 4.22. The van der Waals surface area contributed by atoms with Crippen LogP contribution in [0.25, 0.3) is 0 Å². The molecule has 0 N–H and O–H groups in total. The number of nitrogens with zero attached hydrogens (tertiary/aromatic N) is 2. The molecule has 0 spiro atoms. The first-order chi connectivity index (χ1) is 5.66. The van der Waals surface area contributed by atoms with Crippen molar-refractivity contribution < 1.29 is 9.59 Å². The molecule has 0 atom stereocenters. The standard InChI is InChI=1S/C8H14N2O2/c1-3-4-5-10-6-7(11)9(2)8(10)12/h3-6H2,1-2H3. The van der Waals surface area contributed by atoms with Gasteiger partial charge in [0.2, 0.25) is 5.91 Å². The Balaban J connectivity index is 2.47. The first kappa shape index (κ1) is 9.03. The van der Waals surface area contributed by atoms with Crippen LogP contribution < -0.4 is 0 Å². The molecule has 4 nitrogen and oxygen atoms in total. The van der Waals surface area contributed by atoms with Gasteiger partial charge in [0.25, 0.3) is 0 Å². The van der Waals surface area contributed by atoms with E-state index in [2.05, 4.69) is 6.92 Å². The Morgan fingerprint density at radius 2 is 2.08 bits per heavy atom. The minimum atomic E-state index is -0.159. The minimum absolute atomic E-state index is 0.101. The summed E-state index contributed by atoms with van der Waals surface area (Å²) >= 11 is 0. The van der Waals surface area contributed by atoms with Crippen molar-refractivity contribution in [3.8, 4) is 0 Å². The number of carbonyl (C=O) groups excluding carboxylic acids is 2. The smallest absolute Gasteiger partial charge is 0.315 e. The van der Waals surface area contributed by atoms with Crippen molar-refractivity contribution in [3.63, 3.8) is 0 Å². The monoisotopic (exact) mass is 170 g/mol. The quantitative estimate of drug-likeness (QED) is 0.584. The summed E-state index contributed by atoms with van der Waals surface area (Å²) in [6.07, 6.45) is 2.01. The number of imide groups is 1. The van der Waals surface area contributed by atoms with Crippen LogP contribution in [0, 0.1) is 0 Å². The zero-order valence-electron chi connectivity index (χ0n) is 7.54. The summed E-state index contributed by atoms with van der Waals surface area (Å²) in [7, 11) is 1.52. The highest BCUT2D eigenvalue weighted by molar-refractivity contribution is 6.01. The van der Waals surface area contributed by atoms with E-state index in [0.717, 1.165) is 12.8 Å².